The summed E-state index contributed by atoms with van der Waals surface area (Å²) in [6.45, 7) is 24.3. The van der Waals surface area contributed by atoms with Gasteiger partial charge in [-0.15, -0.1) is 0 Å². The lowest BCUT2D eigenvalue weighted by molar-refractivity contribution is -0.293. The van der Waals surface area contributed by atoms with Crippen LogP contribution in [0.5, 0.6) is 0 Å². The number of benzene rings is 1. The predicted octanol–water partition coefficient (Wildman–Crippen LogP) is 6.37. The number of carbonyl (C=O) groups excluding carboxylic acids is 1. The highest BCUT2D eigenvalue weighted by Crippen LogP contribution is 2.70. The summed E-state index contributed by atoms with van der Waals surface area (Å²) in [6, 6.07) is 10.3. The SMILES string of the molecule is CC1(C)O[C@H]([C@@H]2SC3(ON2Cc2ccccc2)C(C)(C)C(=O)C3(C)C)[C@H](CO[Si](C)(C)C(C)(C)C)O1. The molecule has 8 heteroatoms. The topological polar surface area (TPSA) is 57.2 Å². The normalized spacial score (nSPS) is 31.1. The number of hydrogen-bond donors (Lipinski definition) is 0. The maximum absolute atomic E-state index is 13.2. The van der Waals surface area contributed by atoms with Crippen molar-refractivity contribution in [3.63, 3.8) is 0 Å². The largest absolute Gasteiger partial charge is 0.414 e. The van der Waals surface area contributed by atoms with E-state index in [1.165, 1.54) is 0 Å². The number of nitrogens with zero attached hydrogens (tertiary/aromatic N) is 1. The molecule has 2 heterocycles. The molecule has 1 aromatic carbocycles. The van der Waals surface area contributed by atoms with Crippen LogP contribution < -0.4 is 0 Å². The quantitative estimate of drug-likeness (QED) is 0.393. The summed E-state index contributed by atoms with van der Waals surface area (Å²) < 4.78 is 19.6. The van der Waals surface area contributed by atoms with Gasteiger partial charge in [-0.25, -0.2) is 0 Å². The van der Waals surface area contributed by atoms with Crippen molar-refractivity contribution in [3.05, 3.63) is 35.9 Å². The van der Waals surface area contributed by atoms with Crippen LogP contribution in [-0.2, 0) is 30.1 Å². The Kier molecular flexibility index (Phi) is 6.99. The van der Waals surface area contributed by atoms with Crippen molar-refractivity contribution in [1.29, 1.82) is 0 Å². The number of hydroxylamine groups is 2. The summed E-state index contributed by atoms with van der Waals surface area (Å²) in [5.74, 6) is -0.508. The summed E-state index contributed by atoms with van der Waals surface area (Å²) in [5, 5.41) is 1.98. The van der Waals surface area contributed by atoms with E-state index >= 15 is 0 Å². The minimum atomic E-state index is -1.98. The maximum Gasteiger partial charge on any atom is 0.192 e. The lowest BCUT2D eigenvalue weighted by atomic mass is 9.51. The number of thioether (sulfide) groups is 1. The van der Waals surface area contributed by atoms with Crippen molar-refractivity contribution in [1.82, 2.24) is 5.06 Å². The molecule has 3 fully saturated rings. The molecule has 0 radical (unpaired) electrons. The second-order valence-corrected chi connectivity index (χ2v) is 19.7. The maximum atomic E-state index is 13.2. The van der Waals surface area contributed by atoms with Crippen LogP contribution in [0.2, 0.25) is 18.1 Å². The Morgan fingerprint density at radius 1 is 1.00 bits per heavy atom. The first kappa shape index (κ1) is 28.3. The van der Waals surface area contributed by atoms with Gasteiger partial charge in [-0.05, 0) is 65.2 Å². The second-order valence-electron chi connectivity index (χ2n) is 13.6. The highest BCUT2D eigenvalue weighted by molar-refractivity contribution is 8.01. The van der Waals surface area contributed by atoms with Gasteiger partial charge in [0.25, 0.3) is 0 Å². The van der Waals surface area contributed by atoms with Crippen molar-refractivity contribution < 1.29 is 23.5 Å². The van der Waals surface area contributed by atoms with E-state index < -0.39 is 29.9 Å². The van der Waals surface area contributed by atoms with E-state index in [2.05, 4.69) is 46.0 Å². The van der Waals surface area contributed by atoms with Crippen molar-refractivity contribution in [2.24, 2.45) is 10.8 Å². The summed E-state index contributed by atoms with van der Waals surface area (Å²) in [6.07, 6.45) is -0.522. The average Bonchev–Trinajstić information content (AvgIpc) is 3.30. The third-order valence-electron chi connectivity index (χ3n) is 8.70. The molecule has 0 aromatic heterocycles. The Morgan fingerprint density at radius 3 is 2.14 bits per heavy atom. The first-order valence-corrected chi connectivity index (χ1v) is 16.9. The molecule has 2 saturated heterocycles. The third-order valence-corrected chi connectivity index (χ3v) is 15.4. The smallest absolute Gasteiger partial charge is 0.192 e. The molecule has 3 atom stereocenters. The summed E-state index contributed by atoms with van der Waals surface area (Å²) in [4.78, 5) is 19.3. The molecule has 202 valence electrons. The van der Waals surface area contributed by atoms with Crippen LogP contribution in [0.15, 0.2) is 30.3 Å². The fraction of sp³-hybridized carbons (Fsp3) is 0.750. The molecule has 0 amide bonds. The van der Waals surface area contributed by atoms with Gasteiger partial charge in [0.15, 0.2) is 24.8 Å². The van der Waals surface area contributed by atoms with E-state index in [4.69, 9.17) is 18.7 Å². The van der Waals surface area contributed by atoms with Gasteiger partial charge in [-0.1, -0.05) is 62.9 Å². The molecular formula is C28H45NO5SSi. The minimum absolute atomic E-state index is 0.104. The van der Waals surface area contributed by atoms with Crippen LogP contribution in [0, 0.1) is 10.8 Å². The number of ketones is 1. The van der Waals surface area contributed by atoms with E-state index in [0.29, 0.717) is 13.2 Å². The van der Waals surface area contributed by atoms with Gasteiger partial charge < -0.3 is 13.9 Å². The Morgan fingerprint density at radius 2 is 1.58 bits per heavy atom. The molecule has 4 rings (SSSR count). The third kappa shape index (κ3) is 4.44. The van der Waals surface area contributed by atoms with Crippen molar-refractivity contribution in [2.75, 3.05) is 6.61 Å². The fourth-order valence-corrected chi connectivity index (χ4v) is 8.51. The van der Waals surface area contributed by atoms with E-state index in [1.807, 2.05) is 64.8 Å². The van der Waals surface area contributed by atoms with Gasteiger partial charge in [0.1, 0.15) is 17.6 Å². The first-order chi connectivity index (χ1) is 16.3. The summed E-state index contributed by atoms with van der Waals surface area (Å²) >= 11 is 1.72. The van der Waals surface area contributed by atoms with Gasteiger partial charge in [0, 0.05) is 0 Å². The molecule has 0 N–H and O–H groups in total. The van der Waals surface area contributed by atoms with Gasteiger partial charge >= 0.3 is 0 Å². The van der Waals surface area contributed by atoms with Gasteiger partial charge in [0.05, 0.1) is 24.0 Å². The molecule has 2 aliphatic heterocycles. The first-order valence-electron chi connectivity index (χ1n) is 13.1. The lowest BCUT2D eigenvalue weighted by Crippen LogP contribution is -2.72. The molecule has 0 bridgehead atoms. The molecule has 3 aliphatic rings. The van der Waals surface area contributed by atoms with Gasteiger partial charge in [-0.2, -0.15) is 5.06 Å². The summed E-state index contributed by atoms with van der Waals surface area (Å²) in [7, 11) is -1.98. The van der Waals surface area contributed by atoms with E-state index in [1.54, 1.807) is 11.8 Å². The van der Waals surface area contributed by atoms with Crippen molar-refractivity contribution >= 4 is 25.9 Å². The Labute approximate surface area is 222 Å². The minimum Gasteiger partial charge on any atom is -0.414 e. The highest BCUT2D eigenvalue weighted by Gasteiger charge is 2.78. The van der Waals surface area contributed by atoms with Crippen LogP contribution in [0.25, 0.3) is 0 Å². The van der Waals surface area contributed by atoms with Gasteiger partial charge in [-0.3, -0.25) is 9.63 Å². The summed E-state index contributed by atoms with van der Waals surface area (Å²) in [5.41, 5.74) is -0.0893. The number of carbonyl (C=O) groups is 1. The fourth-order valence-electron chi connectivity index (χ4n) is 5.65. The van der Waals surface area contributed by atoms with Crippen LogP contribution in [0.4, 0.5) is 0 Å². The number of rotatable bonds is 6. The zero-order valence-electron chi connectivity index (χ0n) is 23.9. The zero-order chi connectivity index (χ0) is 26.9. The van der Waals surface area contributed by atoms with E-state index in [0.717, 1.165) is 5.56 Å². The predicted molar refractivity (Wildman–Crippen MR) is 147 cm³/mol. The van der Waals surface area contributed by atoms with E-state index in [9.17, 15) is 4.79 Å². The monoisotopic (exact) mass is 535 g/mol. The molecule has 0 unspecified atom stereocenters. The van der Waals surface area contributed by atoms with Crippen molar-refractivity contribution in [2.45, 2.75) is 115 Å². The lowest BCUT2D eigenvalue weighted by Gasteiger charge is -2.61. The molecule has 6 nitrogen and oxygen atoms in total. The van der Waals surface area contributed by atoms with E-state index in [-0.39, 0.29) is 28.4 Å². The molecular weight excluding hydrogens is 490 g/mol. The standard InChI is InChI=1S/C28H45NO5SSi/c1-24(2,3)36(10,11)31-18-20-21(33-27(8,9)32-20)22-29(17-19-15-13-12-14-16-19)34-28(35-22)25(4,5)23(30)26(28,6)7/h12-16,20-22H,17-18H2,1-11H3/t20-,21-,22-/m0/s1. The number of Topliss-reactive ketones (excluding diaryl/α,β-unsaturated/α-hetero) is 1. The molecule has 1 spiro atoms. The zero-order valence-corrected chi connectivity index (χ0v) is 25.7. The molecule has 1 aromatic rings. The molecule has 1 saturated carbocycles. The molecule has 36 heavy (non-hydrogen) atoms. The van der Waals surface area contributed by atoms with Gasteiger partial charge in [0.2, 0.25) is 0 Å². The highest BCUT2D eigenvalue weighted by atomic mass is 32.2. The van der Waals surface area contributed by atoms with Crippen molar-refractivity contribution in [3.8, 4) is 0 Å². The van der Waals surface area contributed by atoms with Crippen LogP contribution in [0.3, 0.4) is 0 Å². The second kappa shape index (κ2) is 8.90. The molecule has 1 aliphatic carbocycles. The average molecular weight is 536 g/mol. The number of ether oxygens (including phenoxy) is 2. The van der Waals surface area contributed by atoms with Crippen LogP contribution in [-0.4, -0.2) is 54.1 Å². The Bertz CT molecular complexity index is 969. The van der Waals surface area contributed by atoms with Crippen LogP contribution >= 0.6 is 11.8 Å². The van der Waals surface area contributed by atoms with Crippen LogP contribution in [0.1, 0.15) is 67.9 Å². The Balaban J connectivity index is 1.66. The Hall–Kier alpha value is -0.743. The number of hydrogen-bond acceptors (Lipinski definition) is 7.